The zero-order valence-corrected chi connectivity index (χ0v) is 25.5. The molecule has 182 valence electrons. The van der Waals surface area contributed by atoms with Gasteiger partial charge in [-0.05, 0) is 0 Å². The molecule has 0 spiro atoms. The molecular formula is C21H48O7SiZr. The summed E-state index contributed by atoms with van der Waals surface area (Å²) in [6.45, 7) is 29.1. The molecule has 0 aliphatic heterocycles. The Labute approximate surface area is 193 Å². The molecule has 7 nitrogen and oxygen atoms in total. The quantitative estimate of drug-likeness (QED) is 0.304. The molecule has 0 heterocycles. The van der Waals surface area contributed by atoms with Crippen LogP contribution in [0.15, 0.2) is 0 Å². The van der Waals surface area contributed by atoms with Crippen molar-refractivity contribution in [2.45, 2.75) is 139 Å². The number of hydrogen-bond acceptors (Lipinski definition) is 7. The van der Waals surface area contributed by atoms with Crippen LogP contribution in [0.1, 0.15) is 104 Å². The third kappa shape index (κ3) is 14.1. The molecule has 9 heteroatoms. The molecular weight excluding hydrogens is 484 g/mol. The van der Waals surface area contributed by atoms with Crippen LogP contribution in [-0.2, 0) is 46.2 Å². The van der Waals surface area contributed by atoms with Gasteiger partial charge in [0.15, 0.2) is 0 Å². The van der Waals surface area contributed by atoms with Crippen molar-refractivity contribution in [3.8, 4) is 0 Å². The topological polar surface area (TPSA) is 64.6 Å². The van der Waals surface area contributed by atoms with Gasteiger partial charge in [-0.2, -0.15) is 0 Å². The molecule has 0 saturated carbocycles. The van der Waals surface area contributed by atoms with Crippen LogP contribution in [0.25, 0.3) is 0 Å². The molecule has 0 saturated heterocycles. The van der Waals surface area contributed by atoms with E-state index in [0.717, 1.165) is 0 Å². The molecule has 0 aliphatic rings. The molecule has 0 amide bonds. The Morgan fingerprint density at radius 2 is 0.733 bits per heavy atom. The van der Waals surface area contributed by atoms with E-state index in [1.807, 2.05) is 104 Å². The van der Waals surface area contributed by atoms with E-state index in [-0.39, 0.29) is 18.3 Å². The molecule has 0 unspecified atom stereocenters. The minimum atomic E-state index is -4.69. The van der Waals surface area contributed by atoms with Crippen molar-refractivity contribution in [2.75, 3.05) is 0 Å². The predicted molar refractivity (Wildman–Crippen MR) is 118 cm³/mol. The first-order valence-corrected chi connectivity index (χ1v) is 16.6. The molecule has 0 aromatic heterocycles. The predicted octanol–water partition coefficient (Wildman–Crippen LogP) is 5.97. The van der Waals surface area contributed by atoms with Crippen molar-refractivity contribution in [1.82, 2.24) is 0 Å². The molecule has 0 atom stereocenters. The van der Waals surface area contributed by atoms with Crippen LogP contribution in [0.2, 0.25) is 0 Å². The van der Waals surface area contributed by atoms with Crippen molar-refractivity contribution < 1.29 is 46.2 Å². The van der Waals surface area contributed by atoms with Gasteiger partial charge in [0.25, 0.3) is 0 Å². The zero-order valence-electron chi connectivity index (χ0n) is 22.1. The van der Waals surface area contributed by atoms with Crippen LogP contribution in [0.5, 0.6) is 0 Å². The van der Waals surface area contributed by atoms with Crippen LogP contribution in [0.3, 0.4) is 0 Å². The first kappa shape index (κ1) is 30.8. The fourth-order valence-corrected chi connectivity index (χ4v) is 14.3. The average molecular weight is 532 g/mol. The van der Waals surface area contributed by atoms with Gasteiger partial charge in [0.2, 0.25) is 0 Å². The third-order valence-corrected chi connectivity index (χ3v) is 15.1. The molecule has 0 aromatic carbocycles. The van der Waals surface area contributed by atoms with E-state index >= 15 is 0 Å². The van der Waals surface area contributed by atoms with Crippen molar-refractivity contribution in [3.63, 3.8) is 0 Å². The summed E-state index contributed by atoms with van der Waals surface area (Å²) >= 11 is -4.69. The summed E-state index contributed by atoms with van der Waals surface area (Å²) in [5.74, 6) is 0. The molecule has 30 heavy (non-hydrogen) atoms. The standard InChI is InChI=1S/C12H27O4Si.3C3H7O.Zr/c1-10(2,3)14-17(13,15-11(4,5)6)16-12(7,8)9;3*1-3(2)4;/h1-9H3;3*3H,1-2H3;/q4*-1;+4. The van der Waals surface area contributed by atoms with Crippen LogP contribution < -0.4 is 0 Å². The summed E-state index contributed by atoms with van der Waals surface area (Å²) in [7, 11) is -3.82. The van der Waals surface area contributed by atoms with E-state index in [9.17, 15) is 0 Å². The molecule has 0 aromatic rings. The van der Waals surface area contributed by atoms with Gasteiger partial charge >= 0.3 is 194 Å². The molecule has 0 rings (SSSR count). The summed E-state index contributed by atoms with van der Waals surface area (Å²) in [6, 6.07) is 0. The van der Waals surface area contributed by atoms with Gasteiger partial charge in [-0.15, -0.1) is 0 Å². The second kappa shape index (κ2) is 11.3. The van der Waals surface area contributed by atoms with Gasteiger partial charge < -0.3 is 0 Å². The SMILES string of the molecule is CC(C)[O][Zr]([O]C(C)C)([O]C(C)C)[O][Si](OC(C)(C)C)(OC(C)(C)C)OC(C)(C)C. The fourth-order valence-electron chi connectivity index (χ4n) is 2.42. The maximum atomic E-state index is 6.70. The first-order chi connectivity index (χ1) is 13.1. The van der Waals surface area contributed by atoms with Crippen molar-refractivity contribution in [1.29, 1.82) is 0 Å². The Morgan fingerprint density at radius 3 is 0.900 bits per heavy atom. The van der Waals surface area contributed by atoms with Gasteiger partial charge in [-0.1, -0.05) is 0 Å². The van der Waals surface area contributed by atoms with Crippen LogP contribution in [0, 0.1) is 0 Å². The van der Waals surface area contributed by atoms with E-state index in [2.05, 4.69) is 0 Å². The Morgan fingerprint density at radius 1 is 0.500 bits per heavy atom. The second-order valence-electron chi connectivity index (χ2n) is 11.2. The van der Waals surface area contributed by atoms with E-state index < -0.39 is 47.9 Å². The first-order valence-electron chi connectivity index (χ1n) is 10.9. The summed E-state index contributed by atoms with van der Waals surface area (Å²) in [6.07, 6.45) is -0.489. The Balaban J connectivity index is 6.63. The number of hydrogen-bond donors (Lipinski definition) is 0. The van der Waals surface area contributed by atoms with Crippen LogP contribution in [-0.4, -0.2) is 44.2 Å². The summed E-state index contributed by atoms with van der Waals surface area (Å²) in [5.41, 5.74) is -1.77. The minimum absolute atomic E-state index is 0.163. The van der Waals surface area contributed by atoms with Crippen molar-refractivity contribution >= 4 is 9.05 Å². The Hall–Kier alpha value is 0.820. The molecule has 0 aliphatic carbocycles. The van der Waals surface area contributed by atoms with Gasteiger partial charge in [0.05, 0.1) is 0 Å². The van der Waals surface area contributed by atoms with Gasteiger partial charge in [0, 0.05) is 0 Å². The molecule has 0 fully saturated rings. The van der Waals surface area contributed by atoms with Gasteiger partial charge in [-0.25, -0.2) is 0 Å². The summed E-state index contributed by atoms with van der Waals surface area (Å²) < 4.78 is 45.0. The molecule has 0 N–H and O–H groups in total. The summed E-state index contributed by atoms with van der Waals surface area (Å²) in [4.78, 5) is 0. The molecule has 0 radical (unpaired) electrons. The molecule has 0 bridgehead atoms. The Bertz CT molecular complexity index is 438. The monoisotopic (exact) mass is 530 g/mol. The number of rotatable bonds is 11. The normalized spacial score (nSPS) is 15.0. The van der Waals surface area contributed by atoms with Crippen molar-refractivity contribution in [2.24, 2.45) is 0 Å². The van der Waals surface area contributed by atoms with Gasteiger partial charge in [0.1, 0.15) is 0 Å². The van der Waals surface area contributed by atoms with Crippen LogP contribution in [0.4, 0.5) is 0 Å². The zero-order chi connectivity index (χ0) is 24.2. The van der Waals surface area contributed by atoms with E-state index in [1.165, 1.54) is 0 Å². The van der Waals surface area contributed by atoms with Gasteiger partial charge in [-0.3, -0.25) is 0 Å². The van der Waals surface area contributed by atoms with E-state index in [1.54, 1.807) is 0 Å². The van der Waals surface area contributed by atoms with E-state index in [4.69, 9.17) is 24.2 Å². The summed E-state index contributed by atoms with van der Waals surface area (Å²) in [5, 5.41) is 0. The second-order valence-corrected chi connectivity index (χ2v) is 18.8. The Kier molecular flexibility index (Phi) is 11.6. The fraction of sp³-hybridized carbons (Fsp3) is 1.00. The maximum absolute atomic E-state index is 6.70. The van der Waals surface area contributed by atoms with Crippen LogP contribution >= 0.6 is 0 Å². The van der Waals surface area contributed by atoms with Crippen molar-refractivity contribution in [3.05, 3.63) is 0 Å². The van der Waals surface area contributed by atoms with E-state index in [0.29, 0.717) is 0 Å². The third-order valence-electron chi connectivity index (χ3n) is 2.68. The average Bonchev–Trinajstić information content (AvgIpc) is 2.25.